The molecule has 0 radical (unpaired) electrons. The molecule has 0 heterocycles. The van der Waals surface area contributed by atoms with Crippen molar-refractivity contribution in [1.82, 2.24) is 0 Å². The Balaban J connectivity index is 3.78. The molecular weight excluding hydrogens is 212 g/mol. The second kappa shape index (κ2) is 6.48. The van der Waals surface area contributed by atoms with Crippen LogP contribution < -0.4 is 0 Å². The highest BCUT2D eigenvalue weighted by Gasteiger charge is 2.17. The van der Waals surface area contributed by atoms with Crippen LogP contribution in [0.2, 0.25) is 0 Å². The van der Waals surface area contributed by atoms with Crippen molar-refractivity contribution in [2.45, 2.75) is 53.4 Å². The first kappa shape index (κ1) is 14.9. The summed E-state index contributed by atoms with van der Waals surface area (Å²) in [5, 5.41) is 0. The minimum absolute atomic E-state index is 0.101. The van der Waals surface area contributed by atoms with E-state index in [9.17, 15) is 8.42 Å². The first-order valence-electron chi connectivity index (χ1n) is 5.64. The van der Waals surface area contributed by atoms with E-state index in [-0.39, 0.29) is 17.8 Å². The molecule has 0 atom stereocenters. The zero-order valence-corrected chi connectivity index (χ0v) is 11.2. The molecule has 0 fully saturated rings. The first-order chi connectivity index (χ1) is 6.77. The predicted octanol–water partition coefficient (Wildman–Crippen LogP) is 2.96. The molecule has 0 aliphatic heterocycles. The highest BCUT2D eigenvalue weighted by Crippen LogP contribution is 2.15. The molecule has 0 saturated carbocycles. The molecule has 0 spiro atoms. The van der Waals surface area contributed by atoms with E-state index < -0.39 is 10.1 Å². The van der Waals surface area contributed by atoms with Crippen LogP contribution in [0.5, 0.6) is 0 Å². The van der Waals surface area contributed by atoms with E-state index in [4.69, 9.17) is 4.18 Å². The van der Waals surface area contributed by atoms with Crippen LogP contribution in [-0.4, -0.2) is 20.8 Å². The van der Waals surface area contributed by atoms with Crippen molar-refractivity contribution in [3.63, 3.8) is 0 Å². The van der Waals surface area contributed by atoms with E-state index >= 15 is 0 Å². The lowest BCUT2D eigenvalue weighted by atomic mass is 9.99. The lowest BCUT2D eigenvalue weighted by Crippen LogP contribution is -2.20. The van der Waals surface area contributed by atoms with E-state index in [0.29, 0.717) is 6.42 Å². The van der Waals surface area contributed by atoms with Crippen molar-refractivity contribution in [2.24, 2.45) is 5.41 Å². The molecule has 15 heavy (non-hydrogen) atoms. The minimum Gasteiger partial charge on any atom is -0.270 e. The maximum atomic E-state index is 11.4. The zero-order valence-electron chi connectivity index (χ0n) is 10.4. The second-order valence-electron chi connectivity index (χ2n) is 5.15. The summed E-state index contributed by atoms with van der Waals surface area (Å²) in [4.78, 5) is 0. The third-order valence-corrected chi connectivity index (χ3v) is 3.19. The second-order valence-corrected chi connectivity index (χ2v) is 6.90. The molecule has 92 valence electrons. The summed E-state index contributed by atoms with van der Waals surface area (Å²) in [5.41, 5.74) is -0.101. The van der Waals surface area contributed by atoms with Crippen molar-refractivity contribution < 1.29 is 12.6 Å². The van der Waals surface area contributed by atoms with Crippen molar-refractivity contribution in [3.05, 3.63) is 0 Å². The molecule has 3 nitrogen and oxygen atoms in total. The van der Waals surface area contributed by atoms with Crippen LogP contribution >= 0.6 is 0 Å². The first-order valence-corrected chi connectivity index (χ1v) is 7.22. The third kappa shape index (κ3) is 10.2. The largest absolute Gasteiger partial charge is 0.270 e. The summed E-state index contributed by atoms with van der Waals surface area (Å²) in [6, 6.07) is 0. The van der Waals surface area contributed by atoms with Crippen LogP contribution in [0.3, 0.4) is 0 Å². The van der Waals surface area contributed by atoms with Crippen LogP contribution in [0.1, 0.15) is 53.4 Å². The van der Waals surface area contributed by atoms with Gasteiger partial charge in [-0.3, -0.25) is 4.18 Å². The molecule has 0 rings (SSSR count). The van der Waals surface area contributed by atoms with Gasteiger partial charge >= 0.3 is 0 Å². The Morgan fingerprint density at radius 2 is 1.67 bits per heavy atom. The SMILES string of the molecule is CCCCCCS(=O)(=O)OCC(C)(C)C. The van der Waals surface area contributed by atoms with Gasteiger partial charge in [0.05, 0.1) is 12.4 Å². The maximum absolute atomic E-state index is 11.4. The fourth-order valence-electron chi connectivity index (χ4n) is 1.03. The highest BCUT2D eigenvalue weighted by atomic mass is 32.2. The fourth-order valence-corrected chi connectivity index (χ4v) is 2.24. The Morgan fingerprint density at radius 3 is 2.13 bits per heavy atom. The Bertz CT molecular complexity index is 249. The van der Waals surface area contributed by atoms with Gasteiger partial charge in [0.2, 0.25) is 0 Å². The molecule has 0 amide bonds. The Hall–Kier alpha value is -0.0900. The van der Waals surface area contributed by atoms with Crippen molar-refractivity contribution in [2.75, 3.05) is 12.4 Å². The van der Waals surface area contributed by atoms with E-state index in [1.165, 1.54) is 0 Å². The van der Waals surface area contributed by atoms with Crippen molar-refractivity contribution in [3.8, 4) is 0 Å². The molecule has 0 aliphatic rings. The summed E-state index contributed by atoms with van der Waals surface area (Å²) in [6.45, 7) is 8.24. The molecule has 0 N–H and O–H groups in total. The molecule has 0 bridgehead atoms. The molecule has 0 unspecified atom stereocenters. The van der Waals surface area contributed by atoms with Crippen LogP contribution in [0.4, 0.5) is 0 Å². The summed E-state index contributed by atoms with van der Waals surface area (Å²) >= 11 is 0. The fraction of sp³-hybridized carbons (Fsp3) is 1.00. The Labute approximate surface area is 94.3 Å². The van der Waals surface area contributed by atoms with Crippen LogP contribution in [0.25, 0.3) is 0 Å². The molecule has 0 saturated heterocycles. The summed E-state index contributed by atoms with van der Waals surface area (Å²) in [6.07, 6.45) is 3.88. The normalized spacial score (nSPS) is 13.1. The monoisotopic (exact) mass is 236 g/mol. The van der Waals surface area contributed by atoms with Crippen molar-refractivity contribution >= 4 is 10.1 Å². The molecule has 0 aromatic rings. The number of rotatable bonds is 7. The van der Waals surface area contributed by atoms with Crippen LogP contribution in [-0.2, 0) is 14.3 Å². The minimum atomic E-state index is -3.30. The van der Waals surface area contributed by atoms with Gasteiger partial charge in [0.15, 0.2) is 0 Å². The smallest absolute Gasteiger partial charge is 0.267 e. The molecule has 0 aromatic carbocycles. The summed E-state index contributed by atoms with van der Waals surface area (Å²) < 4.78 is 27.8. The van der Waals surface area contributed by atoms with Gasteiger partial charge in [0.1, 0.15) is 0 Å². The summed E-state index contributed by atoms with van der Waals surface area (Å²) in [7, 11) is -3.30. The van der Waals surface area contributed by atoms with Crippen LogP contribution in [0.15, 0.2) is 0 Å². The van der Waals surface area contributed by atoms with E-state index in [0.717, 1.165) is 19.3 Å². The summed E-state index contributed by atoms with van der Waals surface area (Å²) in [5.74, 6) is 0.156. The van der Waals surface area contributed by atoms with Gasteiger partial charge in [-0.1, -0.05) is 47.0 Å². The average molecular weight is 236 g/mol. The van der Waals surface area contributed by atoms with Crippen LogP contribution in [0, 0.1) is 5.41 Å². The topological polar surface area (TPSA) is 43.4 Å². The van der Waals surface area contributed by atoms with Gasteiger partial charge in [-0.25, -0.2) is 0 Å². The quantitative estimate of drug-likeness (QED) is 0.504. The predicted molar refractivity (Wildman–Crippen MR) is 63.3 cm³/mol. The molecule has 4 heteroatoms. The Kier molecular flexibility index (Phi) is 6.44. The number of unbranched alkanes of at least 4 members (excludes halogenated alkanes) is 3. The van der Waals surface area contributed by atoms with Gasteiger partial charge < -0.3 is 0 Å². The van der Waals surface area contributed by atoms with E-state index in [1.54, 1.807) is 0 Å². The molecule has 0 aliphatic carbocycles. The highest BCUT2D eigenvalue weighted by molar-refractivity contribution is 7.86. The van der Waals surface area contributed by atoms with Gasteiger partial charge in [0, 0.05) is 0 Å². The Morgan fingerprint density at radius 1 is 1.07 bits per heavy atom. The zero-order chi connectivity index (χ0) is 11.9. The van der Waals surface area contributed by atoms with E-state index in [1.807, 2.05) is 20.8 Å². The lowest BCUT2D eigenvalue weighted by molar-refractivity contribution is 0.203. The molecular formula is C11H24O3S. The number of hydrogen-bond donors (Lipinski definition) is 0. The lowest BCUT2D eigenvalue weighted by Gasteiger charge is -2.17. The van der Waals surface area contributed by atoms with Gasteiger partial charge in [0.25, 0.3) is 10.1 Å². The van der Waals surface area contributed by atoms with E-state index in [2.05, 4.69) is 6.92 Å². The standard InChI is InChI=1S/C11H24O3S/c1-5-6-7-8-9-15(12,13)14-10-11(2,3)4/h5-10H2,1-4H3. The number of hydrogen-bond acceptors (Lipinski definition) is 3. The molecule has 0 aromatic heterocycles. The van der Waals surface area contributed by atoms with Gasteiger partial charge in [-0.15, -0.1) is 0 Å². The maximum Gasteiger partial charge on any atom is 0.267 e. The van der Waals surface area contributed by atoms with Gasteiger partial charge in [-0.05, 0) is 11.8 Å². The van der Waals surface area contributed by atoms with Crippen molar-refractivity contribution in [1.29, 1.82) is 0 Å². The third-order valence-electron chi connectivity index (χ3n) is 1.92. The van der Waals surface area contributed by atoms with Gasteiger partial charge in [-0.2, -0.15) is 8.42 Å². The average Bonchev–Trinajstić information content (AvgIpc) is 2.09.